The molecule has 0 radical (unpaired) electrons. The Hall–Kier alpha value is -1.77. The van der Waals surface area contributed by atoms with Crippen LogP contribution in [0, 0.1) is 5.92 Å². The molecule has 2 heterocycles. The van der Waals surface area contributed by atoms with Crippen LogP contribution in [0.1, 0.15) is 12.8 Å². The molecule has 1 fully saturated rings. The van der Waals surface area contributed by atoms with Gasteiger partial charge in [-0.1, -0.05) is 11.8 Å². The third-order valence-electron chi connectivity index (χ3n) is 3.19. The van der Waals surface area contributed by atoms with Gasteiger partial charge in [-0.05, 0) is 12.8 Å². The van der Waals surface area contributed by atoms with E-state index in [0.717, 1.165) is 0 Å². The topological polar surface area (TPSA) is 114 Å². The van der Waals surface area contributed by atoms with E-state index in [4.69, 9.17) is 10.5 Å². The summed E-state index contributed by atoms with van der Waals surface area (Å²) in [4.78, 5) is 29.1. The second kappa shape index (κ2) is 6.60. The fourth-order valence-electron chi connectivity index (χ4n) is 2.07. The summed E-state index contributed by atoms with van der Waals surface area (Å²) in [6, 6.07) is 0. The minimum Gasteiger partial charge on any atom is -0.469 e. The minimum absolute atomic E-state index is 0.0155. The molecule has 9 heteroatoms. The first-order valence-electron chi connectivity index (χ1n) is 6.26. The molecule has 1 aromatic heterocycles. The van der Waals surface area contributed by atoms with Crippen LogP contribution in [-0.2, 0) is 14.3 Å². The lowest BCUT2D eigenvalue weighted by atomic mass is 9.97. The van der Waals surface area contributed by atoms with Gasteiger partial charge < -0.3 is 15.4 Å². The Morgan fingerprint density at radius 1 is 1.50 bits per heavy atom. The number of nitrogens with zero attached hydrogens (tertiary/aromatic N) is 3. The molecule has 0 unspecified atom stereocenters. The van der Waals surface area contributed by atoms with E-state index in [9.17, 15) is 9.59 Å². The predicted molar refractivity (Wildman–Crippen MR) is 72.8 cm³/mol. The highest BCUT2D eigenvalue weighted by atomic mass is 32.2. The standard InChI is InChI=1S/C11H17N5O3S/c1-19-9(18)7-2-4-16(5-3-7)8(17)6-20-11-13-10(12)14-15-11/h7H,2-6H2,1H3,(H3,12,13,14,15). The molecule has 0 aliphatic carbocycles. The second-order valence-corrected chi connectivity index (χ2v) is 5.41. The highest BCUT2D eigenvalue weighted by molar-refractivity contribution is 7.99. The van der Waals surface area contributed by atoms with Crippen LogP contribution in [0.5, 0.6) is 0 Å². The Morgan fingerprint density at radius 3 is 2.75 bits per heavy atom. The van der Waals surface area contributed by atoms with Gasteiger partial charge in [0, 0.05) is 13.1 Å². The zero-order chi connectivity index (χ0) is 14.5. The normalized spacial score (nSPS) is 16.1. The number of thioether (sulfide) groups is 1. The largest absolute Gasteiger partial charge is 0.469 e. The molecule has 8 nitrogen and oxygen atoms in total. The van der Waals surface area contributed by atoms with Gasteiger partial charge >= 0.3 is 5.97 Å². The Labute approximate surface area is 120 Å². The van der Waals surface area contributed by atoms with Crippen LogP contribution in [-0.4, -0.2) is 57.9 Å². The lowest BCUT2D eigenvalue weighted by molar-refractivity contribution is -0.148. The van der Waals surface area contributed by atoms with Crippen LogP contribution < -0.4 is 5.73 Å². The minimum atomic E-state index is -0.192. The number of aromatic amines is 1. The number of rotatable bonds is 4. The third-order valence-corrected chi connectivity index (χ3v) is 4.02. The highest BCUT2D eigenvalue weighted by Gasteiger charge is 2.27. The van der Waals surface area contributed by atoms with E-state index in [1.165, 1.54) is 18.9 Å². The van der Waals surface area contributed by atoms with Crippen molar-refractivity contribution in [1.82, 2.24) is 20.1 Å². The highest BCUT2D eigenvalue weighted by Crippen LogP contribution is 2.20. The molecule has 0 saturated carbocycles. The summed E-state index contributed by atoms with van der Waals surface area (Å²) < 4.78 is 4.71. The summed E-state index contributed by atoms with van der Waals surface area (Å²) in [5, 5.41) is 6.82. The monoisotopic (exact) mass is 299 g/mol. The van der Waals surface area contributed by atoms with Crippen LogP contribution in [0.2, 0.25) is 0 Å². The molecule has 1 aliphatic heterocycles. The number of esters is 1. The summed E-state index contributed by atoms with van der Waals surface area (Å²) >= 11 is 1.24. The van der Waals surface area contributed by atoms with Gasteiger partial charge in [0.05, 0.1) is 18.8 Å². The molecule has 0 aromatic carbocycles. The molecule has 0 spiro atoms. The number of nitrogen functional groups attached to an aromatic ring is 1. The maximum absolute atomic E-state index is 12.0. The van der Waals surface area contributed by atoms with Crippen molar-refractivity contribution in [1.29, 1.82) is 0 Å². The summed E-state index contributed by atoms with van der Waals surface area (Å²) in [5.74, 6) is 0.230. The molecule has 0 atom stereocenters. The molecule has 1 aromatic rings. The lowest BCUT2D eigenvalue weighted by Gasteiger charge is -2.30. The first-order chi connectivity index (χ1) is 9.60. The van der Waals surface area contributed by atoms with Gasteiger partial charge in [0.1, 0.15) is 0 Å². The fourth-order valence-corrected chi connectivity index (χ4v) is 2.78. The molecule has 1 saturated heterocycles. The van der Waals surface area contributed by atoms with Crippen molar-refractivity contribution in [3.8, 4) is 0 Å². The number of nitrogens with one attached hydrogen (secondary N) is 1. The van der Waals surface area contributed by atoms with Gasteiger partial charge in [0.25, 0.3) is 0 Å². The van der Waals surface area contributed by atoms with E-state index in [2.05, 4.69) is 15.2 Å². The maximum atomic E-state index is 12.0. The average Bonchev–Trinajstić information content (AvgIpc) is 2.89. The lowest BCUT2D eigenvalue weighted by Crippen LogP contribution is -2.41. The van der Waals surface area contributed by atoms with Crippen molar-refractivity contribution in [2.45, 2.75) is 18.0 Å². The number of carbonyl (C=O) groups is 2. The number of ether oxygens (including phenoxy) is 1. The molecule has 2 rings (SSSR count). The summed E-state index contributed by atoms with van der Waals surface area (Å²) in [5.41, 5.74) is 5.40. The van der Waals surface area contributed by atoms with Crippen LogP contribution in [0.25, 0.3) is 0 Å². The molecular weight excluding hydrogens is 282 g/mol. The van der Waals surface area contributed by atoms with E-state index < -0.39 is 0 Å². The third kappa shape index (κ3) is 3.62. The summed E-state index contributed by atoms with van der Waals surface area (Å²) in [6.07, 6.45) is 1.30. The number of piperidine rings is 1. The number of amides is 1. The molecule has 110 valence electrons. The summed E-state index contributed by atoms with van der Waals surface area (Å²) in [7, 11) is 1.39. The quantitative estimate of drug-likeness (QED) is 0.589. The van der Waals surface area contributed by atoms with Gasteiger partial charge in [0.2, 0.25) is 17.0 Å². The van der Waals surface area contributed by atoms with Gasteiger partial charge in [-0.2, -0.15) is 4.98 Å². The number of hydrogen-bond acceptors (Lipinski definition) is 7. The molecular formula is C11H17N5O3S. The van der Waals surface area contributed by atoms with Gasteiger partial charge in [-0.15, -0.1) is 5.10 Å². The Morgan fingerprint density at radius 2 is 2.20 bits per heavy atom. The average molecular weight is 299 g/mol. The zero-order valence-electron chi connectivity index (χ0n) is 11.2. The number of anilines is 1. The Kier molecular flexibility index (Phi) is 4.83. The Balaban J connectivity index is 1.76. The van der Waals surface area contributed by atoms with Crippen LogP contribution in [0.4, 0.5) is 5.95 Å². The number of likely N-dealkylation sites (tertiary alicyclic amines) is 1. The Bertz CT molecular complexity index is 484. The van der Waals surface area contributed by atoms with Crippen LogP contribution in [0.3, 0.4) is 0 Å². The van der Waals surface area contributed by atoms with E-state index in [0.29, 0.717) is 31.1 Å². The van der Waals surface area contributed by atoms with Crippen LogP contribution in [0.15, 0.2) is 5.16 Å². The van der Waals surface area contributed by atoms with E-state index in [-0.39, 0.29) is 29.5 Å². The molecule has 1 aliphatic rings. The van der Waals surface area contributed by atoms with Crippen molar-refractivity contribution >= 4 is 29.6 Å². The number of carbonyl (C=O) groups excluding carboxylic acids is 2. The number of methoxy groups -OCH3 is 1. The van der Waals surface area contributed by atoms with Crippen molar-refractivity contribution in [3.05, 3.63) is 0 Å². The van der Waals surface area contributed by atoms with Gasteiger partial charge in [0.15, 0.2) is 0 Å². The van der Waals surface area contributed by atoms with E-state index in [1.807, 2.05) is 0 Å². The molecule has 3 N–H and O–H groups in total. The number of aromatic nitrogens is 3. The van der Waals surface area contributed by atoms with Crippen molar-refractivity contribution in [2.75, 3.05) is 31.7 Å². The SMILES string of the molecule is COC(=O)C1CCN(C(=O)CSc2n[nH]c(N)n2)CC1. The van der Waals surface area contributed by atoms with E-state index in [1.54, 1.807) is 4.90 Å². The van der Waals surface area contributed by atoms with Gasteiger partial charge in [-0.3, -0.25) is 9.59 Å². The smallest absolute Gasteiger partial charge is 0.308 e. The van der Waals surface area contributed by atoms with Crippen LogP contribution >= 0.6 is 11.8 Å². The summed E-state index contributed by atoms with van der Waals surface area (Å²) in [6.45, 7) is 1.16. The number of hydrogen-bond donors (Lipinski definition) is 2. The van der Waals surface area contributed by atoms with E-state index >= 15 is 0 Å². The van der Waals surface area contributed by atoms with Crippen molar-refractivity contribution in [3.63, 3.8) is 0 Å². The zero-order valence-corrected chi connectivity index (χ0v) is 12.0. The molecule has 20 heavy (non-hydrogen) atoms. The van der Waals surface area contributed by atoms with Crippen molar-refractivity contribution in [2.24, 2.45) is 5.92 Å². The molecule has 1 amide bonds. The predicted octanol–water partition coefficient (Wildman–Crippen LogP) is -0.109. The first kappa shape index (κ1) is 14.6. The number of nitrogens with two attached hydrogens (primary N) is 1. The van der Waals surface area contributed by atoms with Crippen molar-refractivity contribution < 1.29 is 14.3 Å². The first-order valence-corrected chi connectivity index (χ1v) is 7.25. The fraction of sp³-hybridized carbons (Fsp3) is 0.636. The van der Waals surface area contributed by atoms with Gasteiger partial charge in [-0.25, -0.2) is 5.10 Å². The second-order valence-electron chi connectivity index (χ2n) is 4.47. The molecule has 0 bridgehead atoms. The maximum Gasteiger partial charge on any atom is 0.308 e. The number of H-pyrrole nitrogens is 1.